The van der Waals surface area contributed by atoms with Crippen molar-refractivity contribution in [1.29, 1.82) is 0 Å². The van der Waals surface area contributed by atoms with Gasteiger partial charge in [0.2, 0.25) is 5.91 Å². The number of nitrogens with one attached hydrogen (secondary N) is 1. The van der Waals surface area contributed by atoms with Crippen molar-refractivity contribution < 1.29 is 14.3 Å². The number of rotatable bonds is 7. The molecule has 5 nitrogen and oxygen atoms in total. The molecule has 150 valence electrons. The van der Waals surface area contributed by atoms with Crippen LogP contribution in [0.25, 0.3) is 0 Å². The molecule has 0 aromatic heterocycles. The molecule has 1 heterocycles. The van der Waals surface area contributed by atoms with Crippen LogP contribution in [0.4, 0.5) is 0 Å². The van der Waals surface area contributed by atoms with Gasteiger partial charge in [0.25, 0.3) is 0 Å². The Hall–Kier alpha value is -1.79. The quantitative estimate of drug-likeness (QED) is 0.738. The number of hydrogen-bond donors (Lipinski definition) is 1. The molecule has 0 spiro atoms. The van der Waals surface area contributed by atoms with Gasteiger partial charge >= 0.3 is 0 Å². The number of hydrogen-bond acceptors (Lipinski definition) is 4. The second-order valence-electron chi connectivity index (χ2n) is 6.62. The number of amides is 1. The van der Waals surface area contributed by atoms with Crippen LogP contribution in [0.1, 0.15) is 17.2 Å². The molecule has 3 rings (SSSR count). The lowest BCUT2D eigenvalue weighted by Gasteiger charge is -2.35. The van der Waals surface area contributed by atoms with E-state index in [9.17, 15) is 4.79 Å². The number of carbonyl (C=O) groups excluding carboxylic acids is 1. The molecule has 7 heteroatoms. The Morgan fingerprint density at radius 3 is 2.39 bits per heavy atom. The van der Waals surface area contributed by atoms with Crippen molar-refractivity contribution in [3.63, 3.8) is 0 Å². The van der Waals surface area contributed by atoms with Gasteiger partial charge in [0.15, 0.2) is 0 Å². The van der Waals surface area contributed by atoms with Crippen molar-refractivity contribution >= 4 is 29.1 Å². The molecular weight excluding hydrogens is 399 g/mol. The lowest BCUT2D eigenvalue weighted by molar-refractivity contribution is -0.120. The minimum Gasteiger partial charge on any atom is -0.497 e. The minimum absolute atomic E-state index is 0.0560. The van der Waals surface area contributed by atoms with Crippen molar-refractivity contribution in [2.45, 2.75) is 12.5 Å². The fourth-order valence-electron chi connectivity index (χ4n) is 3.31. The van der Waals surface area contributed by atoms with E-state index in [2.05, 4.69) is 10.2 Å². The zero-order valence-corrected chi connectivity index (χ0v) is 17.3. The molecule has 1 amide bonds. The van der Waals surface area contributed by atoms with Crippen LogP contribution in [-0.2, 0) is 16.0 Å². The summed E-state index contributed by atoms with van der Waals surface area (Å²) in [5.41, 5.74) is 1.77. The second-order valence-corrected chi connectivity index (χ2v) is 7.43. The average molecular weight is 423 g/mol. The Kier molecular flexibility index (Phi) is 7.57. The fraction of sp³-hybridized carbons (Fsp3) is 0.381. The van der Waals surface area contributed by atoms with E-state index >= 15 is 0 Å². The van der Waals surface area contributed by atoms with Gasteiger partial charge < -0.3 is 14.8 Å². The topological polar surface area (TPSA) is 50.8 Å². The molecule has 1 N–H and O–H groups in total. The Balaban J connectivity index is 1.69. The molecule has 0 unspecified atom stereocenters. The zero-order chi connectivity index (χ0) is 19.9. The van der Waals surface area contributed by atoms with E-state index in [1.807, 2.05) is 24.3 Å². The third-order valence-corrected chi connectivity index (χ3v) is 5.59. The largest absolute Gasteiger partial charge is 0.497 e. The Morgan fingerprint density at radius 1 is 1.14 bits per heavy atom. The molecule has 0 saturated carbocycles. The maximum Gasteiger partial charge on any atom is 0.224 e. The summed E-state index contributed by atoms with van der Waals surface area (Å²) in [6, 6.07) is 13.3. The number of benzene rings is 2. The van der Waals surface area contributed by atoms with E-state index in [-0.39, 0.29) is 18.4 Å². The maximum atomic E-state index is 12.5. The molecular formula is C21H24Cl2N2O3. The molecule has 1 saturated heterocycles. The van der Waals surface area contributed by atoms with Crippen LogP contribution in [-0.4, -0.2) is 50.8 Å². The minimum atomic E-state index is -0.109. The molecule has 1 atom stereocenters. The standard InChI is InChI=1S/C21H24Cl2N2O3/c1-27-16-7-5-15(6-8-16)20(25-9-11-28-12-10-25)14-24-21(26)13-17-18(22)3-2-4-19(17)23/h2-8,20H,9-14H2,1H3,(H,24,26)/t20-/m1/s1. The van der Waals surface area contributed by atoms with Gasteiger partial charge in [0.05, 0.1) is 32.8 Å². The summed E-state index contributed by atoms with van der Waals surface area (Å²) in [6.45, 7) is 3.52. The lowest BCUT2D eigenvalue weighted by atomic mass is 10.0. The van der Waals surface area contributed by atoms with Crippen LogP contribution in [0, 0.1) is 0 Å². The highest BCUT2D eigenvalue weighted by Crippen LogP contribution is 2.26. The van der Waals surface area contributed by atoms with Crippen molar-refractivity contribution in [3.8, 4) is 5.75 Å². The first-order valence-corrected chi connectivity index (χ1v) is 9.99. The zero-order valence-electron chi connectivity index (χ0n) is 15.8. The molecule has 2 aromatic rings. The summed E-state index contributed by atoms with van der Waals surface area (Å²) in [5.74, 6) is 0.698. The van der Waals surface area contributed by atoms with E-state index in [0.29, 0.717) is 35.4 Å². The van der Waals surface area contributed by atoms with Crippen LogP contribution in [0.2, 0.25) is 10.0 Å². The Labute approximate surface area is 175 Å². The number of carbonyl (C=O) groups is 1. The number of morpholine rings is 1. The molecule has 0 aliphatic carbocycles. The highest BCUT2D eigenvalue weighted by molar-refractivity contribution is 6.36. The highest BCUT2D eigenvalue weighted by Gasteiger charge is 2.23. The molecule has 2 aromatic carbocycles. The van der Waals surface area contributed by atoms with E-state index < -0.39 is 0 Å². The van der Waals surface area contributed by atoms with Crippen molar-refractivity contribution in [2.24, 2.45) is 0 Å². The summed E-state index contributed by atoms with van der Waals surface area (Å²) >= 11 is 12.4. The van der Waals surface area contributed by atoms with E-state index in [4.69, 9.17) is 32.7 Å². The molecule has 0 bridgehead atoms. The fourth-order valence-corrected chi connectivity index (χ4v) is 3.84. The van der Waals surface area contributed by atoms with Crippen LogP contribution in [0.15, 0.2) is 42.5 Å². The van der Waals surface area contributed by atoms with E-state index in [0.717, 1.165) is 24.4 Å². The monoisotopic (exact) mass is 422 g/mol. The Bertz CT molecular complexity index is 772. The van der Waals surface area contributed by atoms with Gasteiger partial charge in [0, 0.05) is 29.7 Å². The smallest absolute Gasteiger partial charge is 0.224 e. The first kappa shape index (κ1) is 20.9. The molecule has 1 aliphatic heterocycles. The van der Waals surface area contributed by atoms with Gasteiger partial charge in [-0.15, -0.1) is 0 Å². The van der Waals surface area contributed by atoms with Gasteiger partial charge in [-0.25, -0.2) is 0 Å². The number of nitrogens with zero attached hydrogens (tertiary/aromatic N) is 1. The van der Waals surface area contributed by atoms with Crippen LogP contribution >= 0.6 is 23.2 Å². The van der Waals surface area contributed by atoms with Gasteiger partial charge in [0.1, 0.15) is 5.75 Å². The van der Waals surface area contributed by atoms with Crippen molar-refractivity contribution in [1.82, 2.24) is 10.2 Å². The second kappa shape index (κ2) is 10.1. The van der Waals surface area contributed by atoms with Crippen LogP contribution in [0.5, 0.6) is 5.75 Å². The normalized spacial score (nSPS) is 15.8. The maximum absolute atomic E-state index is 12.5. The number of halogens is 2. The molecule has 28 heavy (non-hydrogen) atoms. The number of methoxy groups -OCH3 is 1. The predicted octanol–water partition coefficient (Wildman–Crippen LogP) is 3.73. The Morgan fingerprint density at radius 2 is 1.79 bits per heavy atom. The third-order valence-electron chi connectivity index (χ3n) is 4.88. The SMILES string of the molecule is COc1ccc([C@@H](CNC(=O)Cc2c(Cl)cccc2Cl)N2CCOCC2)cc1. The lowest BCUT2D eigenvalue weighted by Crippen LogP contribution is -2.44. The first-order chi connectivity index (χ1) is 13.6. The van der Waals surface area contributed by atoms with E-state index in [1.54, 1.807) is 25.3 Å². The van der Waals surface area contributed by atoms with Gasteiger partial charge in [-0.2, -0.15) is 0 Å². The molecule has 1 fully saturated rings. The molecule has 0 radical (unpaired) electrons. The summed E-state index contributed by atoms with van der Waals surface area (Å²) in [5, 5.41) is 4.04. The van der Waals surface area contributed by atoms with Crippen molar-refractivity contribution in [3.05, 3.63) is 63.6 Å². The molecule has 1 aliphatic rings. The van der Waals surface area contributed by atoms with Crippen molar-refractivity contribution in [2.75, 3.05) is 40.0 Å². The number of ether oxygens (including phenoxy) is 2. The van der Waals surface area contributed by atoms with Gasteiger partial charge in [-0.05, 0) is 35.4 Å². The van der Waals surface area contributed by atoms with Crippen LogP contribution in [0.3, 0.4) is 0 Å². The average Bonchev–Trinajstić information content (AvgIpc) is 2.72. The summed E-state index contributed by atoms with van der Waals surface area (Å²) in [6.07, 6.45) is 0.150. The summed E-state index contributed by atoms with van der Waals surface area (Å²) < 4.78 is 10.7. The third kappa shape index (κ3) is 5.39. The highest BCUT2D eigenvalue weighted by atomic mass is 35.5. The van der Waals surface area contributed by atoms with Crippen LogP contribution < -0.4 is 10.1 Å². The summed E-state index contributed by atoms with van der Waals surface area (Å²) in [4.78, 5) is 14.9. The van der Waals surface area contributed by atoms with Gasteiger partial charge in [-0.3, -0.25) is 9.69 Å². The summed E-state index contributed by atoms with van der Waals surface area (Å²) in [7, 11) is 1.65. The van der Waals surface area contributed by atoms with E-state index in [1.165, 1.54) is 0 Å². The van der Waals surface area contributed by atoms with Gasteiger partial charge in [-0.1, -0.05) is 41.4 Å². The predicted molar refractivity (Wildman–Crippen MR) is 111 cm³/mol. The first-order valence-electron chi connectivity index (χ1n) is 9.24.